The maximum Gasteiger partial charge on any atom is 0.274 e. The fourth-order valence-corrected chi connectivity index (χ4v) is 2.53. The molecule has 0 unspecified atom stereocenters. The van der Waals surface area contributed by atoms with E-state index in [9.17, 15) is 13.6 Å². The van der Waals surface area contributed by atoms with E-state index in [2.05, 4.69) is 15.6 Å². The highest BCUT2D eigenvalue weighted by Gasteiger charge is 2.15. The van der Waals surface area contributed by atoms with Crippen LogP contribution < -0.4 is 15.4 Å². The van der Waals surface area contributed by atoms with Crippen LogP contribution in [0.3, 0.4) is 0 Å². The molecule has 0 saturated heterocycles. The zero-order chi connectivity index (χ0) is 19.4. The average Bonchev–Trinajstić information content (AvgIpc) is 2.65. The number of amides is 1. The SMILES string of the molecule is COc1ccc(Cl)cc1Nc1ccnc(C(=O)Nc2c(F)cccc2F)c1. The summed E-state index contributed by atoms with van der Waals surface area (Å²) in [4.78, 5) is 16.3. The summed E-state index contributed by atoms with van der Waals surface area (Å²) in [7, 11) is 1.52. The van der Waals surface area contributed by atoms with Crippen molar-refractivity contribution in [2.45, 2.75) is 0 Å². The smallest absolute Gasteiger partial charge is 0.274 e. The minimum absolute atomic E-state index is 0.0244. The molecule has 1 aromatic heterocycles. The minimum atomic E-state index is -0.874. The van der Waals surface area contributed by atoms with E-state index in [-0.39, 0.29) is 5.69 Å². The summed E-state index contributed by atoms with van der Waals surface area (Å²) >= 11 is 6.00. The molecule has 5 nitrogen and oxygen atoms in total. The Morgan fingerprint density at radius 2 is 1.85 bits per heavy atom. The number of methoxy groups -OCH3 is 1. The van der Waals surface area contributed by atoms with Crippen molar-refractivity contribution in [3.8, 4) is 5.75 Å². The summed E-state index contributed by atoms with van der Waals surface area (Å²) in [5.74, 6) is -1.95. The number of halogens is 3. The molecule has 0 aliphatic rings. The highest BCUT2D eigenvalue weighted by atomic mass is 35.5. The van der Waals surface area contributed by atoms with Gasteiger partial charge in [0.25, 0.3) is 5.91 Å². The van der Waals surface area contributed by atoms with Crippen LogP contribution >= 0.6 is 11.6 Å². The van der Waals surface area contributed by atoms with Gasteiger partial charge in [-0.1, -0.05) is 17.7 Å². The van der Waals surface area contributed by atoms with Gasteiger partial charge < -0.3 is 15.4 Å². The molecule has 0 radical (unpaired) electrons. The maximum absolute atomic E-state index is 13.7. The first-order valence-corrected chi connectivity index (χ1v) is 8.17. The Labute approximate surface area is 159 Å². The first kappa shape index (κ1) is 18.6. The summed E-state index contributed by atoms with van der Waals surface area (Å²) in [6, 6.07) is 11.4. The van der Waals surface area contributed by atoms with E-state index >= 15 is 0 Å². The number of anilines is 3. The van der Waals surface area contributed by atoms with Crippen molar-refractivity contribution in [2.24, 2.45) is 0 Å². The van der Waals surface area contributed by atoms with Gasteiger partial charge in [-0.2, -0.15) is 0 Å². The summed E-state index contributed by atoms with van der Waals surface area (Å²) in [5.41, 5.74) is 0.551. The number of benzene rings is 2. The molecule has 138 valence electrons. The van der Waals surface area contributed by atoms with E-state index in [0.717, 1.165) is 12.1 Å². The molecule has 0 aliphatic heterocycles. The quantitative estimate of drug-likeness (QED) is 0.643. The number of hydrogen-bond donors (Lipinski definition) is 2. The molecule has 0 bridgehead atoms. The average molecular weight is 390 g/mol. The molecule has 1 heterocycles. The van der Waals surface area contributed by atoms with Crippen LogP contribution in [0.2, 0.25) is 5.02 Å². The second kappa shape index (κ2) is 8.01. The van der Waals surface area contributed by atoms with E-state index in [4.69, 9.17) is 16.3 Å². The van der Waals surface area contributed by atoms with Crippen molar-refractivity contribution in [1.29, 1.82) is 0 Å². The molecule has 2 aromatic carbocycles. The Morgan fingerprint density at radius 1 is 1.11 bits per heavy atom. The highest BCUT2D eigenvalue weighted by Crippen LogP contribution is 2.30. The topological polar surface area (TPSA) is 63.2 Å². The molecular formula is C19H14ClF2N3O2. The Bertz CT molecular complexity index is 978. The van der Waals surface area contributed by atoms with E-state index < -0.39 is 23.2 Å². The molecule has 2 N–H and O–H groups in total. The maximum atomic E-state index is 13.7. The first-order valence-electron chi connectivity index (χ1n) is 7.80. The summed E-state index contributed by atoms with van der Waals surface area (Å²) in [5, 5.41) is 5.76. The lowest BCUT2D eigenvalue weighted by molar-refractivity contribution is 0.102. The van der Waals surface area contributed by atoms with Gasteiger partial charge in [0.05, 0.1) is 12.8 Å². The predicted octanol–water partition coefficient (Wildman–Crippen LogP) is 5.02. The number of rotatable bonds is 5. The molecule has 0 aliphatic carbocycles. The Balaban J connectivity index is 1.83. The van der Waals surface area contributed by atoms with Crippen LogP contribution in [0, 0.1) is 11.6 Å². The van der Waals surface area contributed by atoms with E-state index in [1.165, 1.54) is 25.4 Å². The molecule has 0 saturated carbocycles. The zero-order valence-corrected chi connectivity index (χ0v) is 14.8. The number of nitrogens with one attached hydrogen (secondary N) is 2. The van der Waals surface area contributed by atoms with Crippen molar-refractivity contribution >= 4 is 34.6 Å². The fourth-order valence-electron chi connectivity index (χ4n) is 2.36. The molecule has 27 heavy (non-hydrogen) atoms. The predicted molar refractivity (Wildman–Crippen MR) is 99.8 cm³/mol. The van der Waals surface area contributed by atoms with Crippen LogP contribution in [-0.2, 0) is 0 Å². The summed E-state index contributed by atoms with van der Waals surface area (Å²) < 4.78 is 32.7. The van der Waals surface area contributed by atoms with Crippen molar-refractivity contribution in [3.63, 3.8) is 0 Å². The number of carbonyl (C=O) groups is 1. The summed E-state index contributed by atoms with van der Waals surface area (Å²) in [6.45, 7) is 0. The normalized spacial score (nSPS) is 10.4. The number of carbonyl (C=O) groups excluding carboxylic acids is 1. The molecule has 3 rings (SSSR count). The largest absolute Gasteiger partial charge is 0.495 e. The van der Waals surface area contributed by atoms with Crippen LogP contribution in [0.15, 0.2) is 54.7 Å². The van der Waals surface area contributed by atoms with E-state index in [1.807, 2.05) is 0 Å². The van der Waals surface area contributed by atoms with Crippen molar-refractivity contribution in [2.75, 3.05) is 17.7 Å². The van der Waals surface area contributed by atoms with Gasteiger partial charge in [0.15, 0.2) is 0 Å². The molecule has 0 fully saturated rings. The number of aromatic nitrogens is 1. The third kappa shape index (κ3) is 4.32. The molecular weight excluding hydrogens is 376 g/mol. The Kier molecular flexibility index (Phi) is 5.52. The Morgan fingerprint density at radius 3 is 2.56 bits per heavy atom. The van der Waals surface area contributed by atoms with Crippen molar-refractivity contribution in [3.05, 3.63) is 77.1 Å². The number of pyridine rings is 1. The third-order valence-electron chi connectivity index (χ3n) is 3.63. The van der Waals surface area contributed by atoms with Gasteiger partial charge in [-0.3, -0.25) is 9.78 Å². The number of para-hydroxylation sites is 1. The Hall–Kier alpha value is -3.19. The van der Waals surface area contributed by atoms with E-state index in [1.54, 1.807) is 24.3 Å². The third-order valence-corrected chi connectivity index (χ3v) is 3.87. The lowest BCUT2D eigenvalue weighted by Gasteiger charge is -2.12. The van der Waals surface area contributed by atoms with Crippen molar-refractivity contribution in [1.82, 2.24) is 4.98 Å². The number of ether oxygens (including phenoxy) is 1. The standard InChI is InChI=1S/C19H14ClF2N3O2/c1-27-17-6-5-11(20)9-15(17)24-12-7-8-23-16(10-12)19(26)25-18-13(21)3-2-4-14(18)22/h2-10H,1H3,(H,23,24)(H,25,26). The molecule has 0 atom stereocenters. The monoisotopic (exact) mass is 389 g/mol. The van der Waals surface area contributed by atoms with Crippen LogP contribution in [0.1, 0.15) is 10.5 Å². The van der Waals surface area contributed by atoms with Crippen LogP contribution in [0.4, 0.5) is 25.8 Å². The minimum Gasteiger partial charge on any atom is -0.495 e. The van der Waals surface area contributed by atoms with Crippen LogP contribution in [0.5, 0.6) is 5.75 Å². The molecule has 0 spiro atoms. The fraction of sp³-hybridized carbons (Fsp3) is 0.0526. The van der Waals surface area contributed by atoms with Gasteiger partial charge in [0.1, 0.15) is 28.8 Å². The second-order valence-electron chi connectivity index (χ2n) is 5.45. The highest BCUT2D eigenvalue weighted by molar-refractivity contribution is 6.31. The first-order chi connectivity index (χ1) is 13.0. The van der Waals surface area contributed by atoms with E-state index in [0.29, 0.717) is 22.1 Å². The van der Waals surface area contributed by atoms with Crippen molar-refractivity contribution < 1.29 is 18.3 Å². The molecule has 8 heteroatoms. The van der Waals surface area contributed by atoms with Crippen LogP contribution in [-0.4, -0.2) is 18.0 Å². The number of nitrogens with zero attached hydrogens (tertiary/aromatic N) is 1. The lowest BCUT2D eigenvalue weighted by atomic mass is 10.2. The zero-order valence-electron chi connectivity index (χ0n) is 14.1. The van der Waals surface area contributed by atoms with Crippen LogP contribution in [0.25, 0.3) is 0 Å². The number of hydrogen-bond acceptors (Lipinski definition) is 4. The molecule has 1 amide bonds. The van der Waals surface area contributed by atoms with Gasteiger partial charge in [0, 0.05) is 16.9 Å². The lowest BCUT2D eigenvalue weighted by Crippen LogP contribution is -2.16. The summed E-state index contributed by atoms with van der Waals surface area (Å²) in [6.07, 6.45) is 1.39. The molecule has 3 aromatic rings. The van der Waals surface area contributed by atoms with Gasteiger partial charge in [0.2, 0.25) is 0 Å². The van der Waals surface area contributed by atoms with Gasteiger partial charge >= 0.3 is 0 Å². The van der Waals surface area contributed by atoms with Gasteiger partial charge in [-0.05, 0) is 42.5 Å². The van der Waals surface area contributed by atoms with Gasteiger partial charge in [-0.15, -0.1) is 0 Å². The second-order valence-corrected chi connectivity index (χ2v) is 5.89. The van der Waals surface area contributed by atoms with Gasteiger partial charge in [-0.25, -0.2) is 8.78 Å².